The van der Waals surface area contributed by atoms with Crippen LogP contribution in [0.15, 0.2) is 36.7 Å². The van der Waals surface area contributed by atoms with Crippen molar-refractivity contribution in [3.8, 4) is 11.1 Å². The molecule has 1 aliphatic carbocycles. The highest BCUT2D eigenvalue weighted by atomic mass is 32.2. The predicted octanol–water partition coefficient (Wildman–Crippen LogP) is 3.51. The molecule has 0 N–H and O–H groups in total. The lowest BCUT2D eigenvalue weighted by molar-refractivity contribution is 0.143. The van der Waals surface area contributed by atoms with Gasteiger partial charge in [0.05, 0.1) is 10.9 Å². The van der Waals surface area contributed by atoms with E-state index < -0.39 is 10.0 Å². The van der Waals surface area contributed by atoms with E-state index in [9.17, 15) is 13.2 Å². The van der Waals surface area contributed by atoms with E-state index in [2.05, 4.69) is 11.1 Å². The Morgan fingerprint density at radius 3 is 2.53 bits per heavy atom. The van der Waals surface area contributed by atoms with Crippen molar-refractivity contribution in [2.75, 3.05) is 25.0 Å². The van der Waals surface area contributed by atoms with Gasteiger partial charge in [-0.15, -0.1) is 0 Å². The summed E-state index contributed by atoms with van der Waals surface area (Å²) >= 11 is 0. The van der Waals surface area contributed by atoms with Crippen LogP contribution in [0.25, 0.3) is 11.1 Å². The molecule has 0 bridgehead atoms. The zero-order valence-electron chi connectivity index (χ0n) is 17.0. The molecule has 0 atom stereocenters. The molecule has 0 radical (unpaired) electrons. The van der Waals surface area contributed by atoms with Gasteiger partial charge >= 0.3 is 6.09 Å². The number of hydrogen-bond donors (Lipinski definition) is 0. The van der Waals surface area contributed by atoms with Crippen molar-refractivity contribution in [2.24, 2.45) is 0 Å². The van der Waals surface area contributed by atoms with Gasteiger partial charge in [-0.25, -0.2) is 17.5 Å². The first-order valence-electron chi connectivity index (χ1n) is 10.4. The number of sulfonamides is 1. The van der Waals surface area contributed by atoms with Gasteiger partial charge in [0.1, 0.15) is 6.61 Å². The molecule has 8 heteroatoms. The number of pyridine rings is 1. The summed E-state index contributed by atoms with van der Waals surface area (Å²) in [5.74, 6) is 0.313. The van der Waals surface area contributed by atoms with Crippen molar-refractivity contribution in [3.05, 3.63) is 47.8 Å². The average molecular weight is 428 g/mol. The molecule has 0 unspecified atom stereocenters. The van der Waals surface area contributed by atoms with Gasteiger partial charge in [0.25, 0.3) is 0 Å². The van der Waals surface area contributed by atoms with Crippen molar-refractivity contribution in [1.29, 1.82) is 0 Å². The average Bonchev–Trinajstić information content (AvgIpc) is 3.62. The maximum atomic E-state index is 12.5. The minimum absolute atomic E-state index is 0.138. The summed E-state index contributed by atoms with van der Waals surface area (Å²) in [4.78, 5) is 17.7. The second-order valence-electron chi connectivity index (χ2n) is 8.38. The molecule has 3 heterocycles. The van der Waals surface area contributed by atoms with Gasteiger partial charge in [0.15, 0.2) is 0 Å². The fraction of sp³-hybridized carbons (Fsp3) is 0.455. The molecule has 1 amide bonds. The maximum Gasteiger partial charge on any atom is 0.414 e. The van der Waals surface area contributed by atoms with E-state index in [1.807, 2.05) is 30.6 Å². The number of benzene rings is 1. The number of piperidine rings is 1. The number of carbonyl (C=O) groups excluding carboxylic acids is 1. The number of anilines is 1. The molecule has 1 aromatic heterocycles. The molecule has 30 heavy (non-hydrogen) atoms. The Hall–Kier alpha value is -2.45. The third-order valence-electron chi connectivity index (χ3n) is 6.39. The molecular weight excluding hydrogens is 402 g/mol. The van der Waals surface area contributed by atoms with Gasteiger partial charge in [-0.3, -0.25) is 9.88 Å². The number of aromatic nitrogens is 1. The summed E-state index contributed by atoms with van der Waals surface area (Å²) in [6, 6.07) is 8.14. The van der Waals surface area contributed by atoms with Crippen LogP contribution in [0.2, 0.25) is 0 Å². The number of rotatable bonds is 4. The molecule has 2 fully saturated rings. The van der Waals surface area contributed by atoms with Crippen LogP contribution in [-0.4, -0.2) is 49.2 Å². The van der Waals surface area contributed by atoms with Crippen molar-refractivity contribution in [3.63, 3.8) is 0 Å². The third-order valence-corrected chi connectivity index (χ3v) is 8.79. The molecule has 3 aliphatic rings. The maximum absolute atomic E-state index is 12.5. The quantitative estimate of drug-likeness (QED) is 0.746. The SMILES string of the molecule is CN1C(=O)OCc2cc(-c3cncc(C4CCN(S(=O)(=O)C5CC5)CC4)c3)ccc21. The predicted molar refractivity (Wildman–Crippen MR) is 114 cm³/mol. The normalized spacial score (nSPS) is 20.7. The number of cyclic esters (lactones) is 1. The molecule has 158 valence electrons. The molecule has 1 saturated heterocycles. The van der Waals surface area contributed by atoms with Gasteiger partial charge in [-0.2, -0.15) is 0 Å². The summed E-state index contributed by atoms with van der Waals surface area (Å²) in [7, 11) is -1.38. The lowest BCUT2D eigenvalue weighted by Crippen LogP contribution is -2.39. The molecule has 5 rings (SSSR count). The Morgan fingerprint density at radius 1 is 1.03 bits per heavy atom. The minimum atomic E-state index is -3.08. The van der Waals surface area contributed by atoms with Crippen molar-refractivity contribution >= 4 is 21.8 Å². The Balaban J connectivity index is 1.34. The zero-order valence-corrected chi connectivity index (χ0v) is 17.8. The molecule has 1 aromatic carbocycles. The smallest absolute Gasteiger partial charge is 0.414 e. The van der Waals surface area contributed by atoms with E-state index in [-0.39, 0.29) is 18.0 Å². The highest BCUT2D eigenvalue weighted by molar-refractivity contribution is 7.90. The van der Waals surface area contributed by atoms with E-state index in [0.717, 1.165) is 53.6 Å². The standard InChI is InChI=1S/C22H25N3O4S/c1-24-21-5-2-16(10-19(21)14-29-22(24)26)18-11-17(12-23-13-18)15-6-8-25(9-7-15)30(27,28)20-3-4-20/h2,5,10-13,15,20H,3-4,6-9,14H2,1H3. The van der Waals surface area contributed by atoms with Gasteiger partial charge < -0.3 is 4.74 Å². The molecule has 1 saturated carbocycles. The van der Waals surface area contributed by atoms with Crippen molar-refractivity contribution < 1.29 is 17.9 Å². The third kappa shape index (κ3) is 3.48. The van der Waals surface area contributed by atoms with E-state index in [1.165, 1.54) is 4.90 Å². The van der Waals surface area contributed by atoms with Crippen LogP contribution in [0.4, 0.5) is 10.5 Å². The summed E-state index contributed by atoms with van der Waals surface area (Å²) in [5, 5.41) is -0.138. The van der Waals surface area contributed by atoms with Crippen LogP contribution in [0.1, 0.15) is 42.7 Å². The lowest BCUT2D eigenvalue weighted by atomic mass is 9.90. The monoisotopic (exact) mass is 427 g/mol. The van der Waals surface area contributed by atoms with Crippen LogP contribution in [0.3, 0.4) is 0 Å². The van der Waals surface area contributed by atoms with Crippen molar-refractivity contribution in [1.82, 2.24) is 9.29 Å². The summed E-state index contributed by atoms with van der Waals surface area (Å²) < 4.78 is 31.8. The van der Waals surface area contributed by atoms with E-state index in [1.54, 1.807) is 11.4 Å². The second-order valence-corrected chi connectivity index (χ2v) is 10.6. The first kappa shape index (κ1) is 19.5. The van der Waals surface area contributed by atoms with E-state index in [0.29, 0.717) is 19.0 Å². The summed E-state index contributed by atoms with van der Waals surface area (Å²) in [5.41, 5.74) is 5.03. The largest absolute Gasteiger partial charge is 0.444 e. The van der Waals surface area contributed by atoms with Crippen LogP contribution in [0.5, 0.6) is 0 Å². The van der Waals surface area contributed by atoms with Crippen molar-refractivity contribution in [2.45, 2.75) is 43.5 Å². The Labute approximate surface area is 176 Å². The second kappa shape index (κ2) is 7.35. The first-order valence-corrected chi connectivity index (χ1v) is 11.9. The summed E-state index contributed by atoms with van der Waals surface area (Å²) in [6.07, 6.45) is 6.66. The van der Waals surface area contributed by atoms with Gasteiger partial charge in [0.2, 0.25) is 10.0 Å². The van der Waals surface area contributed by atoms with Gasteiger partial charge in [0, 0.05) is 43.7 Å². The highest BCUT2D eigenvalue weighted by Gasteiger charge is 2.41. The van der Waals surface area contributed by atoms with Gasteiger partial charge in [-0.05, 0) is 60.9 Å². The Bertz CT molecular complexity index is 1090. The number of fused-ring (bicyclic) bond motifs is 1. The summed E-state index contributed by atoms with van der Waals surface area (Å²) in [6.45, 7) is 1.45. The van der Waals surface area contributed by atoms with Gasteiger partial charge in [-0.1, -0.05) is 6.07 Å². The lowest BCUT2D eigenvalue weighted by Gasteiger charge is -2.31. The van der Waals surface area contributed by atoms with E-state index in [4.69, 9.17) is 4.74 Å². The molecule has 2 aliphatic heterocycles. The molecule has 7 nitrogen and oxygen atoms in total. The fourth-order valence-electron chi connectivity index (χ4n) is 4.40. The molecule has 2 aromatic rings. The number of nitrogens with zero attached hydrogens (tertiary/aromatic N) is 3. The van der Waals surface area contributed by atoms with Crippen LogP contribution < -0.4 is 4.90 Å². The highest BCUT2D eigenvalue weighted by Crippen LogP contribution is 2.36. The van der Waals surface area contributed by atoms with E-state index >= 15 is 0 Å². The molecule has 0 spiro atoms. The van der Waals surface area contributed by atoms with Crippen LogP contribution >= 0.6 is 0 Å². The number of carbonyl (C=O) groups is 1. The molecular formula is C22H25N3O4S. The fourth-order valence-corrected chi connectivity index (χ4v) is 6.27. The first-order chi connectivity index (χ1) is 14.4. The zero-order chi connectivity index (χ0) is 20.9. The Morgan fingerprint density at radius 2 is 1.80 bits per heavy atom. The number of hydrogen-bond acceptors (Lipinski definition) is 5. The Kier molecular flexibility index (Phi) is 4.78. The topological polar surface area (TPSA) is 79.8 Å². The van der Waals surface area contributed by atoms with Crippen LogP contribution in [-0.2, 0) is 21.4 Å². The van der Waals surface area contributed by atoms with Crippen LogP contribution in [0, 0.1) is 0 Å². The number of amides is 1. The number of ether oxygens (including phenoxy) is 1. The minimum Gasteiger partial charge on any atom is -0.444 e.